The van der Waals surface area contributed by atoms with E-state index in [1.165, 1.54) is 0 Å². The van der Waals surface area contributed by atoms with Crippen molar-refractivity contribution in [3.63, 3.8) is 0 Å². The average molecular weight is 3400 g/mol. The maximum Gasteiger partial charge on any atom is 2.00 e. The van der Waals surface area contributed by atoms with E-state index in [1.807, 2.05) is 0 Å². The SMILES string of the molecule is O=C([O-])C(=O)[O-].O=C([O-])C(=O)[O-].O=C([O-])C(=O)[O-].O=C([O-])C(=O)[O-].O=C([O-])C(=O)[O-].O=C([O-])C(=O)[O-].O=C([O-])C(=O)[O-].O=C([O-])C(=O)[O-].O=C([O-])C(=O)[O-].O=C([O-])C(=O)[O-].O=C([O-])C(=O)[O-].O=C([O-])C(=O)[O-].O=P([O-])([O-])O[C@H]1[C@H](OP(=O)([O-])[O-])[C@@H](OP(=O)([O-])[O-])[C@H](OP(=O)([O-])[O-])[C@@H](OP(=O)([O-])[O-])[C@H]1OP(=O)([O-])[O-].[Na+].[Na+].[Na+].[Na+].[Na+].[Na+].[Na+].[Na+].[Na+].[Na+].[Na+].[Na+].[Sn+2].[Sn+2].[Sn+2].[Sn+2].[Sn+2].[Sn+2].[Sn+2].[Sn+2].[Sn+2].[Sn+2].[Sn+2].[Sn+2]. The van der Waals surface area contributed by atoms with Crippen molar-refractivity contribution in [2.45, 2.75) is 36.6 Å². The Morgan fingerprint density at radius 1 is 0.121 bits per heavy atom. The molecule has 132 heavy (non-hydrogen) atoms. The van der Waals surface area contributed by atoms with Gasteiger partial charge in [-0.3, -0.25) is 0 Å². The number of rotatable bonds is 12. The molecule has 0 aromatic carbocycles. The Kier molecular flexibility index (Phi) is 260. The first-order valence-electron chi connectivity index (χ1n) is 20.6. The van der Waals surface area contributed by atoms with Gasteiger partial charge >= 0.3 is 642 Å². The summed E-state index contributed by atoms with van der Waals surface area (Å²) in [6, 6.07) is 0. The van der Waals surface area contributed by atoms with Gasteiger partial charge in [0.05, 0.1) is 190 Å². The second-order valence-corrected chi connectivity index (χ2v) is 19.6. The summed E-state index contributed by atoms with van der Waals surface area (Å²) in [4.78, 5) is 347. The second-order valence-electron chi connectivity index (χ2n) is 13.0. The van der Waals surface area contributed by atoms with Crippen molar-refractivity contribution in [3.8, 4) is 0 Å². The number of aliphatic carboxylic acids is 24. The van der Waals surface area contributed by atoms with Crippen molar-refractivity contribution in [1.82, 2.24) is 0 Å². The van der Waals surface area contributed by atoms with Crippen LogP contribution < -0.4 is 536 Å². The number of carboxylic acid groups (broad SMARTS) is 24. The van der Waals surface area contributed by atoms with E-state index in [0.717, 1.165) is 0 Å². The van der Waals surface area contributed by atoms with Crippen LogP contribution in [0.1, 0.15) is 0 Å². The molecule has 0 aromatic rings. The molecule has 1 aliphatic carbocycles. The summed E-state index contributed by atoms with van der Waals surface area (Å²) in [7, 11) is -40.1. The van der Waals surface area contributed by atoms with Crippen LogP contribution in [0.3, 0.4) is 0 Å². The molecule has 648 valence electrons. The van der Waals surface area contributed by atoms with Crippen LogP contribution in [0.5, 0.6) is 0 Å². The minimum atomic E-state index is -6.68. The maximum atomic E-state index is 11.1. The van der Waals surface area contributed by atoms with Crippen LogP contribution in [0.2, 0.25) is 0 Å². The zero-order valence-corrected chi connectivity index (χ0v) is 129. The van der Waals surface area contributed by atoms with E-state index < -0.39 is 227 Å². The van der Waals surface area contributed by atoms with Gasteiger partial charge in [0, 0.05) is 0 Å². The summed E-state index contributed by atoms with van der Waals surface area (Å²) in [5.74, 6) is -52.4. The molecule has 1 rings (SSSR count). The molecule has 1 aliphatic rings. The van der Waals surface area contributed by atoms with Crippen LogP contribution in [0.25, 0.3) is 0 Å². The van der Waals surface area contributed by atoms with Crippen LogP contribution >= 0.6 is 46.9 Å². The maximum absolute atomic E-state index is 11.1. The summed E-state index contributed by atoms with van der Waals surface area (Å²) in [6.07, 6.45) is -21.5. The molecule has 0 saturated heterocycles. The number of carbonyl (C=O) groups is 24. The summed E-state index contributed by atoms with van der Waals surface area (Å²) in [5, 5.41) is 214. The van der Waals surface area contributed by atoms with Gasteiger partial charge in [-0.25, -0.2) is 0 Å². The van der Waals surface area contributed by atoms with E-state index >= 15 is 0 Å². The van der Waals surface area contributed by atoms with E-state index in [0.29, 0.717) is 0 Å². The number of carboxylic acids is 24. The van der Waals surface area contributed by atoms with Gasteiger partial charge in [0.25, 0.3) is 0 Å². The summed E-state index contributed by atoms with van der Waals surface area (Å²) in [5.41, 5.74) is 0. The van der Waals surface area contributed by atoms with Crippen molar-refractivity contribution in [3.05, 3.63) is 0 Å². The Morgan fingerprint density at radius 3 is 0.167 bits per heavy atom. The van der Waals surface area contributed by atoms with Crippen molar-refractivity contribution in [2.24, 2.45) is 0 Å². The predicted molar refractivity (Wildman–Crippen MR) is 264 cm³/mol. The van der Waals surface area contributed by atoms with Gasteiger partial charge in [0.2, 0.25) is 0 Å². The van der Waals surface area contributed by atoms with Gasteiger partial charge in [-0.15, -0.1) is 0 Å². The first-order chi connectivity index (χ1) is 47.3. The third kappa shape index (κ3) is 215. The Labute approximate surface area is 1190 Å². The number of hydrogen-bond donors (Lipinski definition) is 0. The molecule has 0 atom stereocenters. The Balaban J connectivity index is -0.0000000240. The first kappa shape index (κ1) is 251. The van der Waals surface area contributed by atoms with Crippen molar-refractivity contribution < 1.29 is 706 Å². The minimum absolute atomic E-state index is 0. The molecule has 1 saturated carbocycles. The summed E-state index contributed by atoms with van der Waals surface area (Å²) >= 11 is 0. The van der Waals surface area contributed by atoms with Gasteiger partial charge in [-0.2, -0.15) is 0 Å². The van der Waals surface area contributed by atoms with Crippen molar-refractivity contribution in [2.75, 3.05) is 0 Å². The predicted octanol–water partition coefficient (Wildman–Crippen LogP) is -93.4. The quantitative estimate of drug-likeness (QED) is 0.0994. The molecular weight excluding hydrogens is 3400 g/mol. The van der Waals surface area contributed by atoms with E-state index in [-0.39, 0.29) is 642 Å². The minimum Gasteiger partial charge on any atom is -0.790 e. The molecule has 0 bridgehead atoms. The zero-order chi connectivity index (χ0) is 90.6. The molecule has 0 N–H and O–H groups in total. The van der Waals surface area contributed by atoms with Crippen LogP contribution in [0, 0.1) is 0 Å². The van der Waals surface area contributed by atoms with Crippen LogP contribution in [-0.4, -0.2) is 467 Å². The Bertz CT molecular complexity index is 2750. The molecule has 24 radical (unpaired) electrons. The molecule has 0 amide bonds. The van der Waals surface area contributed by atoms with Crippen LogP contribution in [0.4, 0.5) is 0 Å². The van der Waals surface area contributed by atoms with Crippen molar-refractivity contribution in [1.29, 1.82) is 0 Å². The molecule has 0 aromatic heterocycles. The van der Waals surface area contributed by atoms with Crippen LogP contribution in [0.15, 0.2) is 0 Å². The summed E-state index contributed by atoms with van der Waals surface area (Å²) in [6.45, 7) is 0. The van der Waals surface area contributed by atoms with E-state index in [4.69, 9.17) is 238 Å². The van der Waals surface area contributed by atoms with Gasteiger partial charge < -0.3 is 351 Å². The smallest absolute Gasteiger partial charge is 0.790 e. The largest absolute Gasteiger partial charge is 2.00 e. The van der Waals surface area contributed by atoms with E-state index in [2.05, 4.69) is 27.1 Å². The summed E-state index contributed by atoms with van der Waals surface area (Å²) < 4.78 is 88.3. The number of carbonyl (C=O) groups excluding carboxylic acids is 24. The third-order valence-corrected chi connectivity index (χ3v) is 8.46. The standard InChI is InChI=1S/C6H18O24P6.12C2H2O4.12Na.12Sn/c7-31(8,9)25-1-2(26-32(10,11)12)4(28-34(16,17)18)6(30-36(22,23)24)5(29-35(19,20)21)3(1)27-33(13,14)15;12*3-1(4)2(5)6;;;;;;;;;;;;;;;;;;;;;;;;/h1-6H,(H2,7,8,9)(H2,10,11,12)(H2,13,14,15)(H2,16,17,18)(H2,19,20,21)(H2,22,23,24);12*(H,3,4)(H,5,6);;;;;;;;;;;;;;;;;;;;;;;;/q;;;;;;;;;;;;;12*+1;12*+2/p-36/t1-,2-,3-,4+,5-,6-;;;;;;;;;;;;;;;;;;;;;;;;;;;;;;;;;;;;. The molecule has 72 nitrogen and oxygen atoms in total. The van der Waals surface area contributed by atoms with Crippen LogP contribution in [-0.2, 0) is 170 Å². The van der Waals surface area contributed by atoms with Gasteiger partial charge in [0.1, 0.15) is 36.6 Å². The molecule has 0 unspecified atom stereocenters. The number of hydrogen-bond acceptors (Lipinski definition) is 72. The molecule has 0 aliphatic heterocycles. The van der Waals surface area contributed by atoms with Gasteiger partial charge in [0.15, 0.2) is 0 Å². The normalized spacial score (nSPS) is 12.0. The second kappa shape index (κ2) is 137. The molecule has 0 heterocycles. The Morgan fingerprint density at radius 2 is 0.152 bits per heavy atom. The van der Waals surface area contributed by atoms with Gasteiger partial charge in [-0.05, 0) is 0 Å². The first-order valence-corrected chi connectivity index (χ1v) is 29.4. The molecule has 1 fully saturated rings. The fourth-order valence-corrected chi connectivity index (χ4v) is 5.96. The molecule has 0 spiro atoms. The third-order valence-electron chi connectivity index (χ3n) is 5.45. The van der Waals surface area contributed by atoms with E-state index in [1.54, 1.807) is 0 Å². The fraction of sp³-hybridized carbons (Fsp3) is 0.200. The number of phosphoric acid groups is 6. The monoisotopic (exact) mass is 3420 g/mol. The van der Waals surface area contributed by atoms with Gasteiger partial charge in [-0.1, -0.05) is 0 Å². The molecule has 102 heteroatoms. The molecular formula is C30H6Na12O72P6Sn12. The average Bonchev–Trinajstić information content (AvgIpc) is 0.744. The topological polar surface area (TPSA) is 1400 Å². The fourth-order valence-electron chi connectivity index (χ4n) is 2.74. The van der Waals surface area contributed by atoms with Crippen molar-refractivity contribution >= 4 is 477 Å². The van der Waals surface area contributed by atoms with E-state index in [9.17, 15) is 86.1 Å². The Hall–Kier alpha value is 9.52. The number of phosphoric ester groups is 6. The zero-order valence-electron chi connectivity index (χ0n) is 65.5.